The second-order valence-electron chi connectivity index (χ2n) is 6.59. The van der Waals surface area contributed by atoms with Gasteiger partial charge in [-0.3, -0.25) is 9.79 Å². The highest BCUT2D eigenvalue weighted by Crippen LogP contribution is 2.23. The maximum atomic E-state index is 11.9. The maximum absolute atomic E-state index is 11.9. The summed E-state index contributed by atoms with van der Waals surface area (Å²) in [5.74, 6) is -0.0822. The number of likely N-dealkylation sites (N-methyl/N-ethyl adjacent to an activating group) is 1. The Morgan fingerprint density at radius 2 is 2.07 bits per heavy atom. The van der Waals surface area contributed by atoms with Gasteiger partial charge in [0.2, 0.25) is 5.91 Å². The summed E-state index contributed by atoms with van der Waals surface area (Å²) in [5, 5.41) is 4.49. The second-order valence-corrected chi connectivity index (χ2v) is 6.59. The molecule has 3 aromatic rings. The predicted molar refractivity (Wildman–Crippen MR) is 112 cm³/mol. The number of aliphatic imine (C=N–C) groups is 1. The van der Waals surface area contributed by atoms with Crippen molar-refractivity contribution in [3.05, 3.63) is 54.5 Å². The van der Waals surface area contributed by atoms with E-state index in [1.165, 1.54) is 11.1 Å². The summed E-state index contributed by atoms with van der Waals surface area (Å²) in [5.41, 5.74) is 16.2. The van der Waals surface area contributed by atoms with Crippen LogP contribution in [0.1, 0.15) is 12.5 Å². The molecular formula is C20H23N7O. The van der Waals surface area contributed by atoms with Crippen molar-refractivity contribution >= 4 is 29.0 Å². The number of aromatic nitrogens is 3. The Kier molecular flexibility index (Phi) is 5.39. The van der Waals surface area contributed by atoms with Crippen LogP contribution in [0.4, 0.5) is 5.69 Å². The number of fused-ring (bicyclic) bond motifs is 1. The van der Waals surface area contributed by atoms with Crippen LogP contribution in [0, 0.1) is 0 Å². The van der Waals surface area contributed by atoms with Gasteiger partial charge in [-0.15, -0.1) is 0 Å². The average Bonchev–Trinajstić information content (AvgIpc) is 3.11. The number of rotatable bonds is 5. The first-order valence-corrected chi connectivity index (χ1v) is 8.77. The van der Waals surface area contributed by atoms with Crippen LogP contribution in [0.15, 0.2) is 53.9 Å². The molecule has 0 radical (unpaired) electrons. The molecule has 28 heavy (non-hydrogen) atoms. The molecule has 0 bridgehead atoms. The number of carbonyl (C=O) groups is 1. The van der Waals surface area contributed by atoms with Crippen LogP contribution in [0.3, 0.4) is 0 Å². The summed E-state index contributed by atoms with van der Waals surface area (Å²) >= 11 is 0. The number of nitrogen functional groups attached to an aromatic ring is 1. The van der Waals surface area contributed by atoms with E-state index in [9.17, 15) is 4.79 Å². The summed E-state index contributed by atoms with van der Waals surface area (Å²) in [6, 6.07) is 8.92. The maximum Gasteiger partial charge on any atom is 0.246 e. The number of anilines is 1. The molecule has 0 aliphatic rings. The van der Waals surface area contributed by atoms with E-state index in [0.717, 1.165) is 16.8 Å². The summed E-state index contributed by atoms with van der Waals surface area (Å²) in [4.78, 5) is 22.2. The minimum atomic E-state index is -0.497. The first kappa shape index (κ1) is 19.1. The van der Waals surface area contributed by atoms with E-state index in [1.807, 2.05) is 30.3 Å². The van der Waals surface area contributed by atoms with Gasteiger partial charge in [-0.05, 0) is 25.1 Å². The van der Waals surface area contributed by atoms with Gasteiger partial charge >= 0.3 is 0 Å². The molecule has 8 heteroatoms. The van der Waals surface area contributed by atoms with Crippen LogP contribution in [0.5, 0.6) is 0 Å². The zero-order valence-electron chi connectivity index (χ0n) is 16.1. The van der Waals surface area contributed by atoms with Gasteiger partial charge in [-0.1, -0.05) is 12.1 Å². The second kappa shape index (κ2) is 7.91. The van der Waals surface area contributed by atoms with Gasteiger partial charge in [0.15, 0.2) is 5.65 Å². The Balaban J connectivity index is 1.91. The fourth-order valence-corrected chi connectivity index (χ4v) is 2.77. The molecule has 1 atom stereocenters. The van der Waals surface area contributed by atoms with Crippen molar-refractivity contribution in [2.45, 2.75) is 13.0 Å². The number of nitrogens with two attached hydrogens (primary N) is 2. The lowest BCUT2D eigenvalue weighted by molar-refractivity contribution is -0.129. The number of carbonyl (C=O) groups excluding carboxylic acids is 1. The first-order valence-electron chi connectivity index (χ1n) is 8.77. The lowest BCUT2D eigenvalue weighted by atomic mass is 10.1. The molecule has 0 fully saturated rings. The number of benzene rings is 1. The van der Waals surface area contributed by atoms with Gasteiger partial charge in [-0.2, -0.15) is 5.10 Å². The first-order chi connectivity index (χ1) is 13.4. The number of allylic oxidation sites excluding steroid dienone is 1. The third-order valence-corrected chi connectivity index (χ3v) is 4.29. The molecule has 1 amide bonds. The largest absolute Gasteiger partial charge is 0.404 e. The molecule has 8 nitrogen and oxygen atoms in total. The zero-order valence-corrected chi connectivity index (χ0v) is 16.1. The Hall–Kier alpha value is -3.68. The molecule has 2 aromatic heterocycles. The van der Waals surface area contributed by atoms with Gasteiger partial charge in [0, 0.05) is 48.9 Å². The lowest BCUT2D eigenvalue weighted by Gasteiger charge is -2.13. The van der Waals surface area contributed by atoms with Crippen molar-refractivity contribution in [2.75, 3.05) is 19.8 Å². The van der Waals surface area contributed by atoms with Gasteiger partial charge in [0.1, 0.15) is 6.04 Å². The van der Waals surface area contributed by atoms with Crippen molar-refractivity contribution < 1.29 is 4.79 Å². The summed E-state index contributed by atoms with van der Waals surface area (Å²) in [6.07, 6.45) is 6.46. The van der Waals surface area contributed by atoms with Crippen molar-refractivity contribution in [1.82, 2.24) is 19.5 Å². The van der Waals surface area contributed by atoms with Crippen molar-refractivity contribution in [2.24, 2.45) is 10.7 Å². The molecule has 2 heterocycles. The van der Waals surface area contributed by atoms with Gasteiger partial charge in [0.05, 0.1) is 18.1 Å². The average molecular weight is 377 g/mol. The van der Waals surface area contributed by atoms with Crippen LogP contribution in [-0.4, -0.2) is 51.8 Å². The van der Waals surface area contributed by atoms with E-state index < -0.39 is 6.04 Å². The molecule has 0 saturated heterocycles. The summed E-state index contributed by atoms with van der Waals surface area (Å²) < 4.78 is 1.74. The van der Waals surface area contributed by atoms with Crippen LogP contribution in [0.2, 0.25) is 0 Å². The fraction of sp³-hybridized carbons (Fsp3) is 0.200. The topological polar surface area (TPSA) is 115 Å². The number of hydrogen-bond donors (Lipinski definition) is 2. The minimum absolute atomic E-state index is 0.0822. The van der Waals surface area contributed by atoms with Crippen molar-refractivity contribution in [1.29, 1.82) is 0 Å². The third-order valence-electron chi connectivity index (χ3n) is 4.29. The summed E-state index contributed by atoms with van der Waals surface area (Å²) in [7, 11) is 3.39. The Morgan fingerprint density at radius 3 is 2.75 bits per heavy atom. The number of hydrogen-bond acceptors (Lipinski definition) is 6. The molecule has 4 N–H and O–H groups in total. The molecule has 0 aliphatic heterocycles. The van der Waals surface area contributed by atoms with E-state index >= 15 is 0 Å². The molecule has 1 aromatic carbocycles. The van der Waals surface area contributed by atoms with Gasteiger partial charge in [-0.25, -0.2) is 9.50 Å². The lowest BCUT2D eigenvalue weighted by Crippen LogP contribution is -2.30. The summed E-state index contributed by atoms with van der Waals surface area (Å²) in [6.45, 7) is 1.74. The molecule has 0 spiro atoms. The van der Waals surface area contributed by atoms with Crippen LogP contribution < -0.4 is 11.5 Å². The van der Waals surface area contributed by atoms with Crippen LogP contribution >= 0.6 is 0 Å². The Bertz CT molecular complexity index is 1070. The fourth-order valence-electron chi connectivity index (χ4n) is 2.77. The van der Waals surface area contributed by atoms with E-state index in [2.05, 4.69) is 15.1 Å². The third kappa shape index (κ3) is 3.85. The SMILES string of the molecule is CC(N=CC(=CN)c1cnn2c(-c3cccc(N)c3)cnc2c1)C(=O)N(C)C. The molecule has 3 rings (SSSR count). The highest BCUT2D eigenvalue weighted by Gasteiger charge is 2.13. The number of imidazole rings is 1. The van der Waals surface area contributed by atoms with E-state index in [4.69, 9.17) is 11.5 Å². The van der Waals surface area contributed by atoms with Gasteiger partial charge < -0.3 is 16.4 Å². The van der Waals surface area contributed by atoms with Crippen molar-refractivity contribution in [3.63, 3.8) is 0 Å². The Labute approximate surface area is 163 Å². The minimum Gasteiger partial charge on any atom is -0.404 e. The smallest absolute Gasteiger partial charge is 0.246 e. The van der Waals surface area contributed by atoms with Gasteiger partial charge in [0.25, 0.3) is 0 Å². The monoisotopic (exact) mass is 377 g/mol. The highest BCUT2D eigenvalue weighted by atomic mass is 16.2. The normalized spacial score (nSPS) is 13.2. The van der Waals surface area contributed by atoms with E-state index in [0.29, 0.717) is 16.9 Å². The highest BCUT2D eigenvalue weighted by molar-refractivity contribution is 6.10. The number of amides is 1. The molecular weight excluding hydrogens is 354 g/mol. The number of nitrogens with zero attached hydrogens (tertiary/aromatic N) is 5. The van der Waals surface area contributed by atoms with Crippen LogP contribution in [-0.2, 0) is 4.79 Å². The standard InChI is InChI=1S/C20H23N7O/c1-13(20(28)26(2)3)23-10-16(9-21)15-8-19-24-12-18(27(19)25-11-15)14-5-4-6-17(22)7-14/h4-13H,21-22H2,1-3H3. The Morgan fingerprint density at radius 1 is 1.29 bits per heavy atom. The molecule has 0 aliphatic carbocycles. The predicted octanol–water partition coefficient (Wildman–Crippen LogP) is 1.83. The van der Waals surface area contributed by atoms with E-state index in [-0.39, 0.29) is 5.91 Å². The molecule has 0 saturated carbocycles. The molecule has 144 valence electrons. The zero-order chi connectivity index (χ0) is 20.3. The van der Waals surface area contributed by atoms with Crippen LogP contribution in [0.25, 0.3) is 22.5 Å². The quantitative estimate of drug-likeness (QED) is 0.520. The molecule has 1 unspecified atom stereocenters. The van der Waals surface area contributed by atoms with Crippen molar-refractivity contribution in [3.8, 4) is 11.3 Å². The van der Waals surface area contributed by atoms with E-state index in [1.54, 1.807) is 44.1 Å².